The summed E-state index contributed by atoms with van der Waals surface area (Å²) in [5, 5.41) is 2.59. The second-order valence-electron chi connectivity index (χ2n) is 4.76. The predicted molar refractivity (Wildman–Crippen MR) is 76.1 cm³/mol. The van der Waals surface area contributed by atoms with Crippen LogP contribution in [0.1, 0.15) is 15.9 Å². The Hall–Kier alpha value is -2.50. The van der Waals surface area contributed by atoms with Crippen LogP contribution in [0.3, 0.4) is 0 Å². The number of nitrogens with one attached hydrogen (secondary N) is 1. The molecule has 2 aromatic rings. The molecule has 1 aromatic carbocycles. The third-order valence-electron chi connectivity index (χ3n) is 2.84. The monoisotopic (exact) mass is 291 g/mol. The van der Waals surface area contributed by atoms with Crippen LogP contribution in [0.4, 0.5) is 14.6 Å². The number of benzene rings is 1. The Morgan fingerprint density at radius 3 is 2.38 bits per heavy atom. The van der Waals surface area contributed by atoms with Crippen LogP contribution in [0, 0.1) is 11.6 Å². The molecule has 0 unspecified atom stereocenters. The van der Waals surface area contributed by atoms with Gasteiger partial charge in [-0.3, -0.25) is 4.79 Å². The molecule has 0 aliphatic rings. The zero-order valence-corrected chi connectivity index (χ0v) is 11.7. The highest BCUT2D eigenvalue weighted by atomic mass is 19.1. The van der Waals surface area contributed by atoms with E-state index in [1.165, 1.54) is 18.3 Å². The van der Waals surface area contributed by atoms with Gasteiger partial charge >= 0.3 is 0 Å². The third kappa shape index (κ3) is 3.98. The number of carbonyl (C=O) groups is 1. The van der Waals surface area contributed by atoms with Crippen molar-refractivity contribution in [2.75, 3.05) is 19.0 Å². The first-order valence-electron chi connectivity index (χ1n) is 6.32. The predicted octanol–water partition coefficient (Wildman–Crippen LogP) is 2.36. The molecule has 0 atom stereocenters. The van der Waals surface area contributed by atoms with E-state index in [0.717, 1.165) is 11.9 Å². The molecular weight excluding hydrogens is 276 g/mol. The topological polar surface area (TPSA) is 45.2 Å². The fourth-order valence-electron chi connectivity index (χ4n) is 1.78. The Bertz CT molecular complexity index is 622. The molecule has 0 aliphatic carbocycles. The van der Waals surface area contributed by atoms with Crippen LogP contribution in [0.25, 0.3) is 0 Å². The summed E-state index contributed by atoms with van der Waals surface area (Å²) in [5.41, 5.74) is 0.746. The van der Waals surface area contributed by atoms with Gasteiger partial charge in [0.2, 0.25) is 0 Å². The second-order valence-corrected chi connectivity index (χ2v) is 4.76. The van der Waals surface area contributed by atoms with Crippen LogP contribution in [-0.4, -0.2) is 25.0 Å². The van der Waals surface area contributed by atoms with Crippen molar-refractivity contribution in [3.05, 3.63) is 59.3 Å². The lowest BCUT2D eigenvalue weighted by atomic mass is 10.2. The van der Waals surface area contributed by atoms with Crippen LogP contribution >= 0.6 is 0 Å². The van der Waals surface area contributed by atoms with Crippen molar-refractivity contribution >= 4 is 11.7 Å². The van der Waals surface area contributed by atoms with Gasteiger partial charge in [0.05, 0.1) is 5.56 Å². The van der Waals surface area contributed by atoms with E-state index in [-0.39, 0.29) is 12.5 Å². The summed E-state index contributed by atoms with van der Waals surface area (Å²) >= 11 is 0. The minimum atomic E-state index is -0.670. The molecule has 0 saturated heterocycles. The van der Waals surface area contributed by atoms with Crippen LogP contribution in [0.2, 0.25) is 0 Å². The number of anilines is 1. The van der Waals surface area contributed by atoms with Crippen molar-refractivity contribution in [1.29, 1.82) is 0 Å². The summed E-state index contributed by atoms with van der Waals surface area (Å²) in [7, 11) is 3.70. The second kappa shape index (κ2) is 6.30. The molecule has 0 saturated carbocycles. The maximum atomic E-state index is 13.0. The van der Waals surface area contributed by atoms with Crippen LogP contribution < -0.4 is 10.2 Å². The van der Waals surface area contributed by atoms with Crippen molar-refractivity contribution in [3.63, 3.8) is 0 Å². The molecule has 6 heteroatoms. The number of pyridine rings is 1. The fraction of sp³-hybridized carbons (Fsp3) is 0.200. The molecule has 0 spiro atoms. The van der Waals surface area contributed by atoms with E-state index in [4.69, 9.17) is 0 Å². The number of carbonyl (C=O) groups excluding carboxylic acids is 1. The number of nitrogens with zero attached hydrogens (tertiary/aromatic N) is 2. The molecule has 0 bridgehead atoms. The van der Waals surface area contributed by atoms with Gasteiger partial charge in [-0.2, -0.15) is 0 Å². The fourth-order valence-corrected chi connectivity index (χ4v) is 1.78. The van der Waals surface area contributed by atoms with Gasteiger partial charge in [-0.1, -0.05) is 0 Å². The Kier molecular flexibility index (Phi) is 4.47. The van der Waals surface area contributed by atoms with E-state index in [2.05, 4.69) is 10.3 Å². The van der Waals surface area contributed by atoms with E-state index in [1.807, 2.05) is 19.0 Å². The van der Waals surface area contributed by atoms with E-state index < -0.39 is 11.6 Å². The summed E-state index contributed by atoms with van der Waals surface area (Å²) in [5.74, 6) is -0.955. The lowest BCUT2D eigenvalue weighted by Crippen LogP contribution is -2.23. The van der Waals surface area contributed by atoms with Crippen molar-refractivity contribution < 1.29 is 13.6 Å². The zero-order chi connectivity index (χ0) is 15.4. The summed E-state index contributed by atoms with van der Waals surface area (Å²) in [6.45, 7) is 0.0446. The van der Waals surface area contributed by atoms with Gasteiger partial charge in [0.25, 0.3) is 5.91 Å². The molecule has 0 aliphatic heterocycles. The molecule has 2 rings (SSSR count). The highest BCUT2D eigenvalue weighted by Gasteiger charge is 2.07. The van der Waals surface area contributed by atoms with Crippen LogP contribution in [-0.2, 0) is 6.54 Å². The van der Waals surface area contributed by atoms with Crippen molar-refractivity contribution in [2.45, 2.75) is 6.54 Å². The maximum Gasteiger partial charge on any atom is 0.253 e. The van der Waals surface area contributed by atoms with Gasteiger partial charge in [-0.25, -0.2) is 13.8 Å². The van der Waals surface area contributed by atoms with E-state index in [0.29, 0.717) is 11.1 Å². The Morgan fingerprint density at radius 1 is 1.19 bits per heavy atom. The summed E-state index contributed by atoms with van der Waals surface area (Å²) in [4.78, 5) is 17.9. The first-order chi connectivity index (χ1) is 9.95. The average molecular weight is 291 g/mol. The summed E-state index contributed by atoms with van der Waals surface area (Å²) in [6.07, 6.45) is 1.46. The molecule has 1 N–H and O–H groups in total. The summed E-state index contributed by atoms with van der Waals surface area (Å²) in [6, 6.07) is 6.50. The number of halogens is 2. The lowest BCUT2D eigenvalue weighted by molar-refractivity contribution is 0.0950. The maximum absolute atomic E-state index is 13.0. The molecule has 21 heavy (non-hydrogen) atoms. The van der Waals surface area contributed by atoms with Crippen molar-refractivity contribution in [1.82, 2.24) is 10.3 Å². The van der Waals surface area contributed by atoms with Gasteiger partial charge in [0.15, 0.2) is 0 Å². The Morgan fingerprint density at radius 2 is 1.86 bits per heavy atom. The number of rotatable bonds is 4. The quantitative estimate of drug-likeness (QED) is 0.940. The van der Waals surface area contributed by atoms with Gasteiger partial charge < -0.3 is 10.2 Å². The minimum absolute atomic E-state index is 0.0446. The standard InChI is InChI=1S/C15H15F2N3O/c1-20(2)14-4-3-11(9-18-14)15(21)19-8-10-5-12(16)7-13(17)6-10/h3-7,9H,8H2,1-2H3,(H,19,21). The molecule has 110 valence electrons. The third-order valence-corrected chi connectivity index (χ3v) is 2.84. The number of hydrogen-bond acceptors (Lipinski definition) is 3. The number of hydrogen-bond donors (Lipinski definition) is 1. The highest BCUT2D eigenvalue weighted by molar-refractivity contribution is 5.94. The largest absolute Gasteiger partial charge is 0.363 e. The van der Waals surface area contributed by atoms with Crippen molar-refractivity contribution in [2.24, 2.45) is 0 Å². The Labute approximate surface area is 121 Å². The van der Waals surface area contributed by atoms with E-state index in [1.54, 1.807) is 12.1 Å². The van der Waals surface area contributed by atoms with Crippen LogP contribution in [0.5, 0.6) is 0 Å². The van der Waals surface area contributed by atoms with Crippen LogP contribution in [0.15, 0.2) is 36.5 Å². The number of amides is 1. The van der Waals surface area contributed by atoms with E-state index >= 15 is 0 Å². The zero-order valence-electron chi connectivity index (χ0n) is 11.7. The highest BCUT2D eigenvalue weighted by Crippen LogP contribution is 2.10. The minimum Gasteiger partial charge on any atom is -0.363 e. The average Bonchev–Trinajstić information content (AvgIpc) is 2.44. The molecule has 1 amide bonds. The molecular formula is C15H15F2N3O. The molecule has 1 aromatic heterocycles. The van der Waals surface area contributed by atoms with Gasteiger partial charge in [-0.05, 0) is 29.8 Å². The summed E-state index contributed by atoms with van der Waals surface area (Å²) < 4.78 is 26.1. The van der Waals surface area contributed by atoms with Gasteiger partial charge in [0.1, 0.15) is 17.5 Å². The number of aromatic nitrogens is 1. The first kappa shape index (κ1) is 14.9. The smallest absolute Gasteiger partial charge is 0.253 e. The normalized spacial score (nSPS) is 10.3. The van der Waals surface area contributed by atoms with E-state index in [9.17, 15) is 13.6 Å². The van der Waals surface area contributed by atoms with Crippen molar-refractivity contribution in [3.8, 4) is 0 Å². The molecule has 1 heterocycles. The lowest BCUT2D eigenvalue weighted by Gasteiger charge is -2.11. The molecule has 0 radical (unpaired) electrons. The molecule has 4 nitrogen and oxygen atoms in total. The van der Waals surface area contributed by atoms with Gasteiger partial charge in [-0.15, -0.1) is 0 Å². The SMILES string of the molecule is CN(C)c1ccc(C(=O)NCc2cc(F)cc(F)c2)cn1. The molecule has 0 fully saturated rings. The Balaban J connectivity index is 2.01. The van der Waals surface area contributed by atoms with Gasteiger partial charge in [0, 0.05) is 32.9 Å². The first-order valence-corrected chi connectivity index (χ1v) is 6.32.